The van der Waals surface area contributed by atoms with E-state index in [1.54, 1.807) is 0 Å². The average Bonchev–Trinajstić information content (AvgIpc) is 1.73. The van der Waals surface area contributed by atoms with Crippen LogP contribution in [-0.4, -0.2) is 0 Å². The van der Waals surface area contributed by atoms with Crippen LogP contribution >= 0.6 is 31.9 Å². The molecule has 0 fully saturated rings. The van der Waals surface area contributed by atoms with E-state index >= 15 is 0 Å². The lowest BCUT2D eigenvalue weighted by atomic mass is 9.67. The molecule has 9 aromatic carbocycles. The molecule has 4 heteroatoms. The Morgan fingerprint density at radius 1 is 0.329 bits per heavy atom. The van der Waals surface area contributed by atoms with Crippen molar-refractivity contribution < 1.29 is 4.74 Å². The van der Waals surface area contributed by atoms with Crippen LogP contribution in [-0.2, 0) is 36.5 Å². The largest absolute Gasteiger partial charge is 0.453 e. The zero-order valence-corrected chi connectivity index (χ0v) is 54.2. The molecule has 1 heterocycles. The standard InChI is InChI=1S/C81H85Br2NO/c1-6-10-14-18-22-57-28-36-61(37-29-57)80(62-38-30-58(31-39-62)23-19-15-11-7-2)72-50-65(82)44-48-68(72)70-52-78-76(54-74(70)80)84(67-46-26-56(5)27-47-67)77-55-75-71(53-79(77)85-78)69-49-45-66(83)51-73(69)81(75,63-40-32-59(33-41-63)24-20-16-12-8-3)64-42-34-60(35-43-64)25-21-17-13-9-4/h26-55H,6-25H2,1-5H3. The van der Waals surface area contributed by atoms with Crippen LogP contribution in [0.5, 0.6) is 11.5 Å². The number of rotatable bonds is 25. The normalized spacial score (nSPS) is 13.8. The van der Waals surface area contributed by atoms with Crippen LogP contribution < -0.4 is 9.64 Å². The van der Waals surface area contributed by atoms with E-state index in [0.717, 1.165) is 63.2 Å². The second kappa shape index (κ2) is 26.3. The highest BCUT2D eigenvalue weighted by atomic mass is 79.9. The summed E-state index contributed by atoms with van der Waals surface area (Å²) in [6.07, 6.45) is 24.4. The van der Waals surface area contributed by atoms with Crippen LogP contribution in [0.1, 0.15) is 203 Å². The molecule has 0 bridgehead atoms. The number of nitrogens with zero attached hydrogens (tertiary/aromatic N) is 1. The number of fused-ring (bicyclic) bond motifs is 8. The Labute approximate surface area is 525 Å². The minimum Gasteiger partial charge on any atom is -0.453 e. The van der Waals surface area contributed by atoms with Crippen molar-refractivity contribution in [2.75, 3.05) is 4.90 Å². The summed E-state index contributed by atoms with van der Waals surface area (Å²) in [6, 6.07) is 71.8. The number of aryl methyl sites for hydroxylation is 5. The topological polar surface area (TPSA) is 12.5 Å². The number of unbranched alkanes of at least 4 members (excludes halogenated alkanes) is 12. The van der Waals surface area contributed by atoms with Crippen molar-refractivity contribution in [2.24, 2.45) is 0 Å². The van der Waals surface area contributed by atoms with E-state index in [4.69, 9.17) is 4.74 Å². The van der Waals surface area contributed by atoms with Gasteiger partial charge in [0, 0.05) is 14.6 Å². The van der Waals surface area contributed by atoms with Crippen molar-refractivity contribution in [1.29, 1.82) is 0 Å². The second-order valence-corrected chi connectivity index (χ2v) is 26.7. The average molecular weight is 1250 g/mol. The molecule has 2 nitrogen and oxygen atoms in total. The molecule has 9 aromatic rings. The molecular weight excluding hydrogens is 1160 g/mol. The van der Waals surface area contributed by atoms with E-state index in [0.29, 0.717) is 0 Å². The lowest BCUT2D eigenvalue weighted by Crippen LogP contribution is -2.30. The molecular formula is C81H85Br2NO. The van der Waals surface area contributed by atoms with Gasteiger partial charge in [0.2, 0.25) is 0 Å². The van der Waals surface area contributed by atoms with Gasteiger partial charge in [-0.2, -0.15) is 0 Å². The third-order valence-corrected chi connectivity index (χ3v) is 20.2. The maximum absolute atomic E-state index is 7.56. The first-order valence-corrected chi connectivity index (χ1v) is 34.2. The minimum atomic E-state index is -0.628. The first kappa shape index (κ1) is 58.9. The van der Waals surface area contributed by atoms with Crippen molar-refractivity contribution in [2.45, 2.75) is 174 Å². The van der Waals surface area contributed by atoms with Crippen LogP contribution in [0.2, 0.25) is 0 Å². The molecule has 2 aliphatic carbocycles. The maximum atomic E-state index is 7.56. The summed E-state index contributed by atoms with van der Waals surface area (Å²) in [5.41, 5.74) is 23.9. The fourth-order valence-electron chi connectivity index (χ4n) is 14.6. The lowest BCUT2D eigenvalue weighted by Gasteiger charge is -2.38. The highest BCUT2D eigenvalue weighted by molar-refractivity contribution is 9.10. The summed E-state index contributed by atoms with van der Waals surface area (Å²) in [4.78, 5) is 2.53. The smallest absolute Gasteiger partial charge is 0.152 e. The Morgan fingerprint density at radius 2 is 0.647 bits per heavy atom. The van der Waals surface area contributed by atoms with Gasteiger partial charge in [0.05, 0.1) is 22.2 Å². The van der Waals surface area contributed by atoms with Gasteiger partial charge in [-0.05, 0) is 208 Å². The SMILES string of the molecule is CCCCCCc1ccc(C2(c3ccc(CCCCCC)cc3)c3cc(Br)ccc3-c3cc4c(cc32)N(c2ccc(C)cc2)c2cc3c(cc2O4)-c2ccc(Br)cc2C3(c2ccc(CCCCCC)cc2)c2ccc(CCCCCC)cc2)cc1. The number of halogens is 2. The highest BCUT2D eigenvalue weighted by Gasteiger charge is 2.50. The van der Waals surface area contributed by atoms with E-state index in [9.17, 15) is 0 Å². The van der Waals surface area contributed by atoms with Gasteiger partial charge in [-0.15, -0.1) is 0 Å². The Bertz CT molecular complexity index is 3420. The Kier molecular flexibility index (Phi) is 18.2. The van der Waals surface area contributed by atoms with E-state index in [2.05, 4.69) is 253 Å². The summed E-state index contributed by atoms with van der Waals surface area (Å²) in [6.45, 7) is 11.4. The quantitative estimate of drug-likeness (QED) is 0.0529. The van der Waals surface area contributed by atoms with Crippen molar-refractivity contribution in [3.05, 3.63) is 263 Å². The van der Waals surface area contributed by atoms with Gasteiger partial charge in [0.25, 0.3) is 0 Å². The number of anilines is 3. The van der Waals surface area contributed by atoms with Gasteiger partial charge in [-0.1, -0.05) is 263 Å². The molecule has 0 spiro atoms. The molecule has 3 aliphatic rings. The summed E-state index contributed by atoms with van der Waals surface area (Å²) >= 11 is 8.06. The number of hydrogen-bond donors (Lipinski definition) is 0. The Balaban J connectivity index is 1.07. The molecule has 434 valence electrons. The Morgan fingerprint density at radius 3 is 0.965 bits per heavy atom. The molecule has 0 saturated carbocycles. The summed E-state index contributed by atoms with van der Waals surface area (Å²) in [7, 11) is 0. The van der Waals surface area contributed by atoms with Crippen molar-refractivity contribution in [3.8, 4) is 33.8 Å². The van der Waals surface area contributed by atoms with Crippen LogP contribution in [0, 0.1) is 6.92 Å². The number of benzene rings is 9. The summed E-state index contributed by atoms with van der Waals surface area (Å²) < 4.78 is 9.71. The van der Waals surface area contributed by atoms with Gasteiger partial charge in [-0.3, -0.25) is 0 Å². The molecule has 0 N–H and O–H groups in total. The first-order valence-electron chi connectivity index (χ1n) is 32.6. The van der Waals surface area contributed by atoms with E-state index in [1.165, 1.54) is 197 Å². The predicted octanol–water partition coefficient (Wildman–Crippen LogP) is 24.3. The lowest BCUT2D eigenvalue weighted by molar-refractivity contribution is 0.476. The van der Waals surface area contributed by atoms with Gasteiger partial charge >= 0.3 is 0 Å². The molecule has 0 saturated heterocycles. The third-order valence-electron chi connectivity index (χ3n) is 19.2. The van der Waals surface area contributed by atoms with Crippen LogP contribution in [0.4, 0.5) is 17.1 Å². The van der Waals surface area contributed by atoms with E-state index in [1.807, 2.05) is 0 Å². The van der Waals surface area contributed by atoms with Gasteiger partial charge in [-0.25, -0.2) is 0 Å². The number of hydrogen-bond acceptors (Lipinski definition) is 2. The first-order chi connectivity index (χ1) is 41.7. The van der Waals surface area contributed by atoms with Crippen LogP contribution in [0.3, 0.4) is 0 Å². The molecule has 12 rings (SSSR count). The second-order valence-electron chi connectivity index (χ2n) is 24.9. The van der Waals surface area contributed by atoms with E-state index < -0.39 is 10.8 Å². The van der Waals surface area contributed by atoms with Crippen molar-refractivity contribution >= 4 is 48.9 Å². The van der Waals surface area contributed by atoms with Crippen LogP contribution in [0.15, 0.2) is 191 Å². The molecule has 0 aromatic heterocycles. The molecule has 0 unspecified atom stereocenters. The third kappa shape index (κ3) is 11.3. The molecule has 1 aliphatic heterocycles. The zero-order chi connectivity index (χ0) is 58.5. The highest BCUT2D eigenvalue weighted by Crippen LogP contribution is 2.64. The fraction of sp³-hybridized carbons (Fsp3) is 0.333. The Hall–Kier alpha value is -6.46. The molecule has 0 radical (unpaired) electrons. The van der Waals surface area contributed by atoms with Gasteiger partial charge in [0.15, 0.2) is 11.5 Å². The molecule has 0 amide bonds. The zero-order valence-electron chi connectivity index (χ0n) is 51.1. The van der Waals surface area contributed by atoms with Crippen molar-refractivity contribution in [3.63, 3.8) is 0 Å². The number of ether oxygens (including phenoxy) is 1. The monoisotopic (exact) mass is 1250 g/mol. The fourth-order valence-corrected chi connectivity index (χ4v) is 15.4. The summed E-state index contributed by atoms with van der Waals surface area (Å²) in [5, 5.41) is 0. The molecule has 0 atom stereocenters. The van der Waals surface area contributed by atoms with Gasteiger partial charge in [0.1, 0.15) is 0 Å². The van der Waals surface area contributed by atoms with Crippen molar-refractivity contribution in [1.82, 2.24) is 0 Å². The predicted molar refractivity (Wildman–Crippen MR) is 367 cm³/mol. The van der Waals surface area contributed by atoms with Gasteiger partial charge < -0.3 is 9.64 Å². The minimum absolute atomic E-state index is 0.628. The maximum Gasteiger partial charge on any atom is 0.152 e. The molecule has 85 heavy (non-hydrogen) atoms. The van der Waals surface area contributed by atoms with Crippen LogP contribution in [0.25, 0.3) is 22.3 Å². The summed E-state index contributed by atoms with van der Waals surface area (Å²) in [5.74, 6) is 1.70. The van der Waals surface area contributed by atoms with E-state index in [-0.39, 0.29) is 0 Å².